The number of aromatic nitrogens is 3. The van der Waals surface area contributed by atoms with Gasteiger partial charge in [-0.1, -0.05) is 6.42 Å². The van der Waals surface area contributed by atoms with Crippen LogP contribution >= 0.6 is 0 Å². The van der Waals surface area contributed by atoms with E-state index in [1.165, 1.54) is 32.4 Å². The van der Waals surface area contributed by atoms with E-state index in [1.54, 1.807) is 0 Å². The number of likely N-dealkylation sites (tertiary alicyclic amines) is 1. The van der Waals surface area contributed by atoms with Gasteiger partial charge in [-0.3, -0.25) is 0 Å². The highest BCUT2D eigenvalue weighted by Crippen LogP contribution is 2.08. The fourth-order valence-corrected chi connectivity index (χ4v) is 2.07. The summed E-state index contributed by atoms with van der Waals surface area (Å²) in [5, 5.41) is 9.35. The summed E-state index contributed by atoms with van der Waals surface area (Å²) in [5.74, 6) is 0.589. The Hall–Kier alpha value is -1.43. The Balaban J connectivity index is 1.81. The van der Waals surface area contributed by atoms with E-state index in [1.807, 2.05) is 6.92 Å². The van der Waals surface area contributed by atoms with Crippen LogP contribution in [0, 0.1) is 6.92 Å². The van der Waals surface area contributed by atoms with E-state index in [-0.39, 0.29) is 0 Å². The number of hydrogen-bond donors (Lipinski definition) is 2. The van der Waals surface area contributed by atoms with Crippen molar-refractivity contribution in [3.63, 3.8) is 0 Å². The summed E-state index contributed by atoms with van der Waals surface area (Å²) in [4.78, 5) is 17.3. The summed E-state index contributed by atoms with van der Waals surface area (Å²) >= 11 is 0. The molecule has 0 bridgehead atoms. The van der Waals surface area contributed by atoms with Gasteiger partial charge in [0.05, 0.1) is 0 Å². The predicted molar refractivity (Wildman–Crippen MR) is 66.2 cm³/mol. The molecule has 0 aliphatic carbocycles. The Bertz CT molecular complexity index is 411. The molecule has 1 fully saturated rings. The lowest BCUT2D eigenvalue weighted by Crippen LogP contribution is -2.34. The van der Waals surface area contributed by atoms with Gasteiger partial charge in [0.1, 0.15) is 5.69 Å². The average molecular weight is 237 g/mol. The second-order valence-electron chi connectivity index (χ2n) is 4.40. The number of rotatable bonds is 4. The number of hydrogen-bond acceptors (Lipinski definition) is 5. The molecular weight excluding hydrogens is 218 g/mol. The van der Waals surface area contributed by atoms with Crippen LogP contribution in [-0.2, 0) is 0 Å². The van der Waals surface area contributed by atoms with Gasteiger partial charge >= 0.3 is 5.69 Å². The normalized spacial score (nSPS) is 17.0. The number of nitrogens with one attached hydrogen (secondary N) is 2. The van der Waals surface area contributed by atoms with Crippen molar-refractivity contribution >= 4 is 5.82 Å². The van der Waals surface area contributed by atoms with Gasteiger partial charge in [-0.25, -0.2) is 9.89 Å². The fourth-order valence-electron chi connectivity index (χ4n) is 2.07. The van der Waals surface area contributed by atoms with E-state index in [4.69, 9.17) is 0 Å². The quantitative estimate of drug-likeness (QED) is 0.791. The zero-order valence-electron chi connectivity index (χ0n) is 10.2. The number of nitrogens with zero attached hydrogens (tertiary/aromatic N) is 3. The Kier molecular flexibility index (Phi) is 4.08. The highest BCUT2D eigenvalue weighted by molar-refractivity contribution is 5.37. The van der Waals surface area contributed by atoms with Crippen molar-refractivity contribution in [2.24, 2.45) is 0 Å². The number of piperidine rings is 1. The van der Waals surface area contributed by atoms with Crippen LogP contribution in [0.3, 0.4) is 0 Å². The molecule has 1 aliphatic heterocycles. The molecule has 0 saturated carbocycles. The van der Waals surface area contributed by atoms with Gasteiger partial charge < -0.3 is 10.2 Å². The molecule has 0 atom stereocenters. The second-order valence-corrected chi connectivity index (χ2v) is 4.40. The van der Waals surface area contributed by atoms with Crippen LogP contribution in [-0.4, -0.2) is 46.3 Å². The summed E-state index contributed by atoms with van der Waals surface area (Å²) in [6, 6.07) is 0. The van der Waals surface area contributed by atoms with Crippen LogP contribution in [0.4, 0.5) is 5.82 Å². The van der Waals surface area contributed by atoms with Crippen LogP contribution in [0.2, 0.25) is 0 Å². The van der Waals surface area contributed by atoms with Crippen molar-refractivity contribution < 1.29 is 0 Å². The van der Waals surface area contributed by atoms with Crippen molar-refractivity contribution in [3.05, 3.63) is 16.2 Å². The maximum Gasteiger partial charge on any atom is 0.363 e. The molecule has 94 valence electrons. The monoisotopic (exact) mass is 237 g/mol. The first kappa shape index (κ1) is 12.0. The fraction of sp³-hybridized carbons (Fsp3) is 0.727. The first-order valence-corrected chi connectivity index (χ1v) is 6.15. The summed E-state index contributed by atoms with van der Waals surface area (Å²) in [6.07, 6.45) is 3.94. The van der Waals surface area contributed by atoms with Crippen molar-refractivity contribution in [3.8, 4) is 0 Å². The minimum absolute atomic E-state index is 0.406. The molecule has 0 unspecified atom stereocenters. The third kappa shape index (κ3) is 3.52. The summed E-state index contributed by atoms with van der Waals surface area (Å²) < 4.78 is 0. The Morgan fingerprint density at radius 3 is 2.88 bits per heavy atom. The smallest absolute Gasteiger partial charge is 0.363 e. The minimum atomic E-state index is -0.406. The Morgan fingerprint density at radius 2 is 2.12 bits per heavy atom. The largest absolute Gasteiger partial charge is 0.367 e. The van der Waals surface area contributed by atoms with Crippen LogP contribution < -0.4 is 11.0 Å². The summed E-state index contributed by atoms with van der Waals surface area (Å²) in [7, 11) is 0. The number of aromatic amines is 1. The molecule has 17 heavy (non-hydrogen) atoms. The van der Waals surface area contributed by atoms with E-state index < -0.39 is 5.69 Å². The molecule has 1 aliphatic rings. The number of aryl methyl sites for hydroxylation is 1. The lowest BCUT2D eigenvalue weighted by Gasteiger charge is -2.26. The van der Waals surface area contributed by atoms with Crippen molar-refractivity contribution in [1.82, 2.24) is 20.1 Å². The van der Waals surface area contributed by atoms with E-state index in [2.05, 4.69) is 25.4 Å². The summed E-state index contributed by atoms with van der Waals surface area (Å²) in [6.45, 7) is 5.99. The van der Waals surface area contributed by atoms with Gasteiger partial charge in [-0.2, -0.15) is 10.1 Å². The molecule has 0 spiro atoms. The number of anilines is 1. The highest BCUT2D eigenvalue weighted by atomic mass is 16.1. The lowest BCUT2D eigenvalue weighted by atomic mass is 10.1. The molecule has 0 radical (unpaired) electrons. The van der Waals surface area contributed by atoms with Crippen LogP contribution in [0.15, 0.2) is 4.79 Å². The second kappa shape index (κ2) is 5.77. The number of H-pyrrole nitrogens is 1. The molecule has 0 amide bonds. The van der Waals surface area contributed by atoms with Crippen molar-refractivity contribution in [1.29, 1.82) is 0 Å². The molecular formula is C11H19N5O. The molecule has 6 heteroatoms. The Morgan fingerprint density at radius 1 is 1.35 bits per heavy atom. The zero-order chi connectivity index (χ0) is 12.1. The van der Waals surface area contributed by atoms with Gasteiger partial charge in [0.15, 0.2) is 5.82 Å². The maximum absolute atomic E-state index is 11.0. The molecule has 2 heterocycles. The third-order valence-corrected chi connectivity index (χ3v) is 3.04. The standard InChI is InChI=1S/C11H19N5O/c1-9-10(13-11(17)15-14-9)12-5-8-16-6-3-2-4-7-16/h2-8H2,1H3,(H2,12,13,15,17). The molecule has 2 rings (SSSR count). The van der Waals surface area contributed by atoms with Crippen LogP contribution in [0.25, 0.3) is 0 Å². The van der Waals surface area contributed by atoms with Gasteiger partial charge in [0.25, 0.3) is 0 Å². The molecule has 1 aromatic rings. The van der Waals surface area contributed by atoms with Crippen LogP contribution in [0.1, 0.15) is 25.0 Å². The Labute approximate surface area is 100 Å². The predicted octanol–water partition coefficient (Wildman–Crippen LogP) is 0.371. The van der Waals surface area contributed by atoms with Gasteiger partial charge in [0, 0.05) is 13.1 Å². The van der Waals surface area contributed by atoms with E-state index in [0.717, 1.165) is 18.8 Å². The van der Waals surface area contributed by atoms with E-state index >= 15 is 0 Å². The van der Waals surface area contributed by atoms with Crippen molar-refractivity contribution in [2.45, 2.75) is 26.2 Å². The highest BCUT2D eigenvalue weighted by Gasteiger charge is 2.09. The third-order valence-electron chi connectivity index (χ3n) is 3.04. The van der Waals surface area contributed by atoms with Crippen molar-refractivity contribution in [2.75, 3.05) is 31.5 Å². The molecule has 1 aromatic heterocycles. The first-order chi connectivity index (χ1) is 8.25. The molecule has 2 N–H and O–H groups in total. The minimum Gasteiger partial charge on any atom is -0.367 e. The van der Waals surface area contributed by atoms with Gasteiger partial charge in [-0.15, -0.1) is 0 Å². The first-order valence-electron chi connectivity index (χ1n) is 6.15. The van der Waals surface area contributed by atoms with E-state index in [9.17, 15) is 4.79 Å². The molecule has 1 saturated heterocycles. The molecule has 6 nitrogen and oxygen atoms in total. The lowest BCUT2D eigenvalue weighted by molar-refractivity contribution is 0.237. The average Bonchev–Trinajstić information content (AvgIpc) is 2.35. The topological polar surface area (TPSA) is 73.9 Å². The zero-order valence-corrected chi connectivity index (χ0v) is 10.2. The maximum atomic E-state index is 11.0. The van der Waals surface area contributed by atoms with Crippen LogP contribution in [0.5, 0.6) is 0 Å². The summed E-state index contributed by atoms with van der Waals surface area (Å²) in [5.41, 5.74) is 0.319. The SMILES string of the molecule is Cc1n[nH]c(=O)nc1NCCN1CCCCC1. The molecule has 0 aromatic carbocycles. The van der Waals surface area contributed by atoms with Gasteiger partial charge in [-0.05, 0) is 32.9 Å². The van der Waals surface area contributed by atoms with Gasteiger partial charge in [0.2, 0.25) is 0 Å². The van der Waals surface area contributed by atoms with E-state index in [0.29, 0.717) is 5.82 Å².